The molecule has 0 aromatic rings. The number of nitrogens with one attached hydrogen (secondary N) is 1. The van der Waals surface area contributed by atoms with Crippen molar-refractivity contribution in [3.8, 4) is 0 Å². The molecule has 1 aliphatic heterocycles. The van der Waals surface area contributed by atoms with Gasteiger partial charge in [0.1, 0.15) is 0 Å². The molecule has 5 nitrogen and oxygen atoms in total. The van der Waals surface area contributed by atoms with Gasteiger partial charge in [-0.1, -0.05) is 19.3 Å². The summed E-state index contributed by atoms with van der Waals surface area (Å²) >= 11 is 0. The Morgan fingerprint density at radius 1 is 1.18 bits per heavy atom. The van der Waals surface area contributed by atoms with Gasteiger partial charge in [0.25, 0.3) is 0 Å². The van der Waals surface area contributed by atoms with Gasteiger partial charge in [0, 0.05) is 24.2 Å². The lowest BCUT2D eigenvalue weighted by molar-refractivity contribution is -0.0333. The van der Waals surface area contributed by atoms with Gasteiger partial charge in [-0.3, -0.25) is 9.89 Å². The Bertz CT molecular complexity index is 356. The summed E-state index contributed by atoms with van der Waals surface area (Å²) in [5.74, 6) is 0.570. The van der Waals surface area contributed by atoms with Gasteiger partial charge < -0.3 is 15.8 Å². The molecule has 3 N–H and O–H groups in total. The highest BCUT2D eigenvalue weighted by Gasteiger charge is 2.38. The number of nitrogens with zero attached hydrogens (tertiary/aromatic N) is 2. The number of guanidine groups is 1. The van der Waals surface area contributed by atoms with Crippen LogP contribution in [-0.4, -0.2) is 54.8 Å². The van der Waals surface area contributed by atoms with Crippen LogP contribution in [0.1, 0.15) is 52.9 Å². The van der Waals surface area contributed by atoms with Crippen LogP contribution in [0, 0.1) is 0 Å². The number of ether oxygens (including phenoxy) is 1. The number of hydrogen-bond donors (Lipinski definition) is 2. The number of halogens is 1. The Morgan fingerprint density at radius 2 is 1.77 bits per heavy atom. The fourth-order valence-corrected chi connectivity index (χ4v) is 3.48. The third kappa shape index (κ3) is 5.85. The molecule has 0 aromatic carbocycles. The second-order valence-electron chi connectivity index (χ2n) is 7.46. The van der Waals surface area contributed by atoms with E-state index in [1.165, 1.54) is 32.1 Å². The second kappa shape index (κ2) is 8.68. The fraction of sp³-hybridized carbons (Fsp3) is 0.938. The molecule has 130 valence electrons. The summed E-state index contributed by atoms with van der Waals surface area (Å²) in [7, 11) is 0. The van der Waals surface area contributed by atoms with Crippen LogP contribution in [-0.2, 0) is 4.74 Å². The Kier molecular flexibility index (Phi) is 7.88. The minimum Gasteiger partial charge on any atom is -0.379 e. The van der Waals surface area contributed by atoms with E-state index in [9.17, 15) is 0 Å². The normalized spacial score (nSPS) is 23.7. The molecule has 0 spiro atoms. The van der Waals surface area contributed by atoms with E-state index in [-0.39, 0.29) is 35.1 Å². The van der Waals surface area contributed by atoms with E-state index in [0.717, 1.165) is 32.8 Å². The van der Waals surface area contributed by atoms with Crippen molar-refractivity contribution < 1.29 is 4.74 Å². The van der Waals surface area contributed by atoms with Gasteiger partial charge >= 0.3 is 0 Å². The molecule has 0 unspecified atom stereocenters. The van der Waals surface area contributed by atoms with Crippen LogP contribution in [0.15, 0.2) is 4.99 Å². The molecule has 6 heteroatoms. The molecule has 0 radical (unpaired) electrons. The number of hydrogen-bond acceptors (Lipinski definition) is 3. The zero-order valence-corrected chi connectivity index (χ0v) is 16.7. The molecule has 0 aromatic heterocycles. The summed E-state index contributed by atoms with van der Waals surface area (Å²) in [6, 6.07) is 0. The first-order chi connectivity index (χ1) is 9.91. The third-order valence-corrected chi connectivity index (χ3v) is 4.51. The molecule has 2 aliphatic rings. The lowest BCUT2D eigenvalue weighted by atomic mass is 9.80. The van der Waals surface area contributed by atoms with Gasteiger partial charge in [0.05, 0.1) is 19.8 Å². The first-order valence-electron chi connectivity index (χ1n) is 8.32. The maximum Gasteiger partial charge on any atom is 0.189 e. The molecule has 1 aliphatic carbocycles. The quantitative estimate of drug-likeness (QED) is 0.415. The van der Waals surface area contributed by atoms with Crippen molar-refractivity contribution in [2.75, 3.05) is 32.8 Å². The Balaban J connectivity index is 0.00000242. The van der Waals surface area contributed by atoms with Crippen molar-refractivity contribution in [2.45, 2.75) is 64.0 Å². The van der Waals surface area contributed by atoms with Gasteiger partial charge in [-0.2, -0.15) is 0 Å². The van der Waals surface area contributed by atoms with Crippen molar-refractivity contribution in [2.24, 2.45) is 10.7 Å². The number of rotatable bonds is 3. The van der Waals surface area contributed by atoms with Crippen LogP contribution in [0.4, 0.5) is 0 Å². The maximum atomic E-state index is 6.06. The van der Waals surface area contributed by atoms with Crippen LogP contribution < -0.4 is 11.1 Å². The van der Waals surface area contributed by atoms with Crippen LogP contribution in [0.5, 0.6) is 0 Å². The Labute approximate surface area is 152 Å². The van der Waals surface area contributed by atoms with Gasteiger partial charge in [-0.15, -0.1) is 24.0 Å². The summed E-state index contributed by atoms with van der Waals surface area (Å²) in [6.45, 7) is 10.9. The van der Waals surface area contributed by atoms with Crippen molar-refractivity contribution >= 4 is 29.9 Å². The minimum absolute atomic E-state index is 0. The molecule has 1 saturated heterocycles. The van der Waals surface area contributed by atoms with Crippen molar-refractivity contribution in [1.82, 2.24) is 10.2 Å². The predicted molar refractivity (Wildman–Crippen MR) is 103 cm³/mol. The average Bonchev–Trinajstić information content (AvgIpc) is 2.45. The van der Waals surface area contributed by atoms with E-state index >= 15 is 0 Å². The van der Waals surface area contributed by atoms with Gasteiger partial charge in [0.2, 0.25) is 0 Å². The van der Waals surface area contributed by atoms with E-state index in [1.807, 2.05) is 0 Å². The molecule has 1 heterocycles. The fourth-order valence-electron chi connectivity index (χ4n) is 3.48. The first-order valence-corrected chi connectivity index (χ1v) is 8.32. The number of morpholine rings is 1. The van der Waals surface area contributed by atoms with E-state index in [2.05, 4.69) is 36.0 Å². The maximum absolute atomic E-state index is 6.06. The standard InChI is InChI=1S/C16H32N4O.HI/c1-15(2,3)19-14(17)18-13-16(7-5-4-6-8-16)20-9-11-21-12-10-20;/h4-13H2,1-3H3,(H3,17,18,19);1H. The molecular weight excluding hydrogens is 391 g/mol. The molecule has 2 rings (SSSR count). The first kappa shape index (κ1) is 20.0. The van der Waals surface area contributed by atoms with Gasteiger partial charge in [-0.05, 0) is 33.6 Å². The minimum atomic E-state index is -0.0354. The predicted octanol–water partition coefficient (Wildman–Crippen LogP) is 2.34. The van der Waals surface area contributed by atoms with E-state index in [1.54, 1.807) is 0 Å². The highest BCUT2D eigenvalue weighted by Crippen LogP contribution is 2.34. The SMILES string of the molecule is CC(C)(C)NC(N)=NCC1(N2CCOCC2)CCCCC1.I. The zero-order chi connectivity index (χ0) is 15.3. The zero-order valence-electron chi connectivity index (χ0n) is 14.4. The highest BCUT2D eigenvalue weighted by atomic mass is 127. The summed E-state index contributed by atoms with van der Waals surface area (Å²) < 4.78 is 5.51. The van der Waals surface area contributed by atoms with Gasteiger partial charge in [0.15, 0.2) is 5.96 Å². The van der Waals surface area contributed by atoms with Crippen molar-refractivity contribution in [1.29, 1.82) is 0 Å². The molecule has 0 atom stereocenters. The largest absolute Gasteiger partial charge is 0.379 e. The van der Waals surface area contributed by atoms with Crippen LogP contribution in [0.3, 0.4) is 0 Å². The van der Waals surface area contributed by atoms with Crippen LogP contribution in [0.25, 0.3) is 0 Å². The average molecular weight is 424 g/mol. The van der Waals surface area contributed by atoms with E-state index in [0.29, 0.717) is 5.96 Å². The van der Waals surface area contributed by atoms with Crippen LogP contribution in [0.2, 0.25) is 0 Å². The van der Waals surface area contributed by atoms with Crippen LogP contribution >= 0.6 is 24.0 Å². The Morgan fingerprint density at radius 3 is 2.32 bits per heavy atom. The molecule has 2 fully saturated rings. The van der Waals surface area contributed by atoms with Crippen molar-refractivity contribution in [3.63, 3.8) is 0 Å². The van der Waals surface area contributed by atoms with Gasteiger partial charge in [-0.25, -0.2) is 0 Å². The monoisotopic (exact) mass is 424 g/mol. The lowest BCUT2D eigenvalue weighted by Crippen LogP contribution is -2.57. The second-order valence-corrected chi connectivity index (χ2v) is 7.46. The van der Waals surface area contributed by atoms with Crippen molar-refractivity contribution in [3.05, 3.63) is 0 Å². The molecule has 1 saturated carbocycles. The Hall–Kier alpha value is -0.0800. The topological polar surface area (TPSA) is 62.9 Å². The lowest BCUT2D eigenvalue weighted by Gasteiger charge is -2.47. The van der Waals surface area contributed by atoms with E-state index < -0.39 is 0 Å². The molecular formula is C16H33IN4O. The third-order valence-electron chi connectivity index (χ3n) is 4.51. The molecule has 0 bridgehead atoms. The molecule has 22 heavy (non-hydrogen) atoms. The smallest absolute Gasteiger partial charge is 0.189 e. The van der Waals surface area contributed by atoms with E-state index in [4.69, 9.17) is 10.5 Å². The number of aliphatic imine (C=N–C) groups is 1. The molecule has 0 amide bonds. The summed E-state index contributed by atoms with van der Waals surface area (Å²) in [6.07, 6.45) is 6.43. The summed E-state index contributed by atoms with van der Waals surface area (Å²) in [4.78, 5) is 7.28. The number of nitrogens with two attached hydrogens (primary N) is 1. The highest BCUT2D eigenvalue weighted by molar-refractivity contribution is 14.0. The summed E-state index contributed by atoms with van der Waals surface area (Å²) in [5.41, 5.74) is 6.23. The summed E-state index contributed by atoms with van der Waals surface area (Å²) in [5, 5.41) is 3.26.